The zero-order chi connectivity index (χ0) is 26.0. The lowest BCUT2D eigenvalue weighted by atomic mass is 9.89. The van der Waals surface area contributed by atoms with E-state index in [0.717, 1.165) is 0 Å². The number of carbonyl (C=O) groups is 4. The zero-order valence-electron chi connectivity index (χ0n) is 22.2. The van der Waals surface area contributed by atoms with E-state index in [-0.39, 0.29) is 23.7 Å². The average Bonchev–Trinajstić information content (AvgIpc) is 2.70. The highest BCUT2D eigenvalue weighted by Gasteiger charge is 2.32. The van der Waals surface area contributed by atoms with Gasteiger partial charge in [-0.05, 0) is 49.4 Å². The van der Waals surface area contributed by atoms with Gasteiger partial charge in [0.1, 0.15) is 0 Å². The maximum absolute atomic E-state index is 12.8. The fourth-order valence-corrected chi connectivity index (χ4v) is 4.03. The Balaban J connectivity index is 3.25. The molecule has 0 radical (unpaired) electrons. The van der Waals surface area contributed by atoms with E-state index in [1.807, 2.05) is 79.7 Å². The number of ether oxygens (including phenoxy) is 2. The molecule has 6 nitrogen and oxygen atoms in total. The third-order valence-electron chi connectivity index (χ3n) is 6.73. The second-order valence-electron chi connectivity index (χ2n) is 10.8. The quantitative estimate of drug-likeness (QED) is 0.285. The fraction of sp³-hybridized carbons (Fsp3) is 0.714. The number of rotatable bonds is 4. The van der Waals surface area contributed by atoms with E-state index in [1.165, 1.54) is 0 Å². The van der Waals surface area contributed by atoms with E-state index in [1.54, 1.807) is 0 Å². The maximum atomic E-state index is 12.8. The minimum absolute atomic E-state index is 0.00982. The Bertz CT molecular complexity index is 635. The number of hydrogen-bond donors (Lipinski definition) is 0. The van der Waals surface area contributed by atoms with Crippen molar-refractivity contribution in [2.24, 2.45) is 47.3 Å². The summed E-state index contributed by atoms with van der Waals surface area (Å²) in [6.07, 6.45) is 9.03. The van der Waals surface area contributed by atoms with Gasteiger partial charge in [0.2, 0.25) is 0 Å². The molecule has 1 rings (SSSR count). The van der Waals surface area contributed by atoms with Crippen LogP contribution in [0.15, 0.2) is 24.3 Å². The zero-order valence-corrected chi connectivity index (χ0v) is 22.2. The summed E-state index contributed by atoms with van der Waals surface area (Å²) in [5.74, 6) is -3.91. The average molecular weight is 477 g/mol. The van der Waals surface area contributed by atoms with E-state index in [2.05, 4.69) is 0 Å². The van der Waals surface area contributed by atoms with Crippen molar-refractivity contribution in [3.05, 3.63) is 24.3 Å². The molecule has 0 unspecified atom stereocenters. The minimum atomic E-state index is -0.509. The summed E-state index contributed by atoms with van der Waals surface area (Å²) in [5, 5.41) is 0. The molecule has 34 heavy (non-hydrogen) atoms. The van der Waals surface area contributed by atoms with Crippen LogP contribution in [0.25, 0.3) is 0 Å². The molecule has 0 amide bonds. The van der Waals surface area contributed by atoms with E-state index < -0.39 is 47.5 Å². The van der Waals surface area contributed by atoms with Crippen LogP contribution in [0.5, 0.6) is 0 Å². The van der Waals surface area contributed by atoms with Gasteiger partial charge in [0.05, 0.1) is 23.7 Å². The summed E-state index contributed by atoms with van der Waals surface area (Å²) in [6.45, 7) is 15.4. The Hall–Kier alpha value is -2.24. The van der Waals surface area contributed by atoms with Crippen molar-refractivity contribution >= 4 is 23.9 Å². The van der Waals surface area contributed by atoms with Crippen molar-refractivity contribution in [1.82, 2.24) is 0 Å². The lowest BCUT2D eigenvalue weighted by Crippen LogP contribution is -2.31. The van der Waals surface area contributed by atoms with Crippen molar-refractivity contribution in [2.45, 2.75) is 81.1 Å². The summed E-state index contributed by atoms with van der Waals surface area (Å²) in [6, 6.07) is 0. The van der Waals surface area contributed by atoms with Gasteiger partial charge in [-0.2, -0.15) is 0 Å². The van der Waals surface area contributed by atoms with Crippen LogP contribution in [0.4, 0.5) is 0 Å². The molecule has 1 aliphatic heterocycles. The number of cyclic esters (lactones) is 4. The first-order valence-electron chi connectivity index (χ1n) is 12.7. The molecule has 0 aromatic rings. The molecule has 0 saturated heterocycles. The van der Waals surface area contributed by atoms with Gasteiger partial charge in [0, 0.05) is 0 Å². The van der Waals surface area contributed by atoms with Crippen LogP contribution in [-0.4, -0.2) is 23.9 Å². The lowest BCUT2D eigenvalue weighted by Gasteiger charge is -2.22. The Labute approximate surface area is 205 Å². The summed E-state index contributed by atoms with van der Waals surface area (Å²) in [4.78, 5) is 51.2. The highest BCUT2D eigenvalue weighted by molar-refractivity contribution is 5.89. The van der Waals surface area contributed by atoms with Gasteiger partial charge < -0.3 is 9.47 Å². The Morgan fingerprint density at radius 3 is 0.794 bits per heavy atom. The smallest absolute Gasteiger partial charge is 0.317 e. The molecule has 0 N–H and O–H groups in total. The summed E-state index contributed by atoms with van der Waals surface area (Å²) < 4.78 is 10.6. The Morgan fingerprint density at radius 1 is 0.471 bits per heavy atom. The van der Waals surface area contributed by atoms with Gasteiger partial charge in [-0.25, -0.2) is 0 Å². The normalized spacial score (nSPS) is 26.7. The Morgan fingerprint density at radius 2 is 0.647 bits per heavy atom. The topological polar surface area (TPSA) is 86.7 Å². The molecule has 6 heteroatoms. The van der Waals surface area contributed by atoms with Crippen molar-refractivity contribution in [1.29, 1.82) is 0 Å². The second-order valence-corrected chi connectivity index (χ2v) is 10.8. The molecule has 0 bridgehead atoms. The van der Waals surface area contributed by atoms with Gasteiger partial charge in [0.25, 0.3) is 0 Å². The second kappa shape index (κ2) is 14.2. The number of allylic oxidation sites excluding steroid dienone is 4. The standard InChI is InChI=1S/C28H44O6/c1-17(2)21-13-9-10-14-23(19(5)6)27(31)34-28(32)24(20(7)8)16-12-11-15-22(18(3)4)26(30)33-25(21)29/h9-12,17-24H,13-16H2,1-8H3/t21-,22-,23-,24-/m0/s1. The fourth-order valence-electron chi connectivity index (χ4n) is 4.03. The lowest BCUT2D eigenvalue weighted by molar-refractivity contribution is -0.169. The summed E-state index contributed by atoms with van der Waals surface area (Å²) >= 11 is 0. The molecule has 0 fully saturated rings. The number of carbonyl (C=O) groups excluding carboxylic acids is 4. The van der Waals surface area contributed by atoms with Gasteiger partial charge in [-0.15, -0.1) is 0 Å². The van der Waals surface area contributed by atoms with E-state index in [4.69, 9.17) is 9.47 Å². The van der Waals surface area contributed by atoms with Crippen molar-refractivity contribution in [3.63, 3.8) is 0 Å². The first kappa shape index (κ1) is 29.8. The first-order valence-corrected chi connectivity index (χ1v) is 12.7. The molecule has 1 heterocycles. The van der Waals surface area contributed by atoms with Gasteiger partial charge >= 0.3 is 23.9 Å². The minimum Gasteiger partial charge on any atom is -0.393 e. The summed E-state index contributed by atoms with van der Waals surface area (Å²) in [7, 11) is 0. The van der Waals surface area contributed by atoms with Gasteiger partial charge in [-0.3, -0.25) is 19.2 Å². The molecular weight excluding hydrogens is 432 g/mol. The molecule has 0 aliphatic carbocycles. The maximum Gasteiger partial charge on any atom is 0.317 e. The van der Waals surface area contributed by atoms with Crippen molar-refractivity contribution in [2.75, 3.05) is 0 Å². The van der Waals surface area contributed by atoms with Crippen molar-refractivity contribution in [3.8, 4) is 0 Å². The predicted molar refractivity (Wildman–Crippen MR) is 132 cm³/mol. The van der Waals surface area contributed by atoms with Crippen LogP contribution in [-0.2, 0) is 28.7 Å². The molecule has 0 aromatic heterocycles. The number of hydrogen-bond acceptors (Lipinski definition) is 6. The highest BCUT2D eigenvalue weighted by atomic mass is 16.6. The van der Waals surface area contributed by atoms with E-state index in [9.17, 15) is 19.2 Å². The first-order chi connectivity index (χ1) is 15.9. The van der Waals surface area contributed by atoms with Crippen LogP contribution >= 0.6 is 0 Å². The van der Waals surface area contributed by atoms with Crippen molar-refractivity contribution < 1.29 is 28.7 Å². The van der Waals surface area contributed by atoms with Crippen LogP contribution in [0, 0.1) is 47.3 Å². The van der Waals surface area contributed by atoms with Crippen LogP contribution in [0.2, 0.25) is 0 Å². The summed E-state index contributed by atoms with van der Waals surface area (Å²) in [5.41, 5.74) is 0. The molecule has 4 atom stereocenters. The molecule has 192 valence electrons. The monoisotopic (exact) mass is 476 g/mol. The Kier molecular flexibility index (Phi) is 12.5. The molecule has 0 spiro atoms. The molecule has 0 aromatic carbocycles. The molecule has 0 saturated carbocycles. The largest absolute Gasteiger partial charge is 0.393 e. The van der Waals surface area contributed by atoms with Crippen LogP contribution in [0.3, 0.4) is 0 Å². The highest BCUT2D eigenvalue weighted by Crippen LogP contribution is 2.25. The predicted octanol–water partition coefficient (Wildman–Crippen LogP) is 5.90. The van der Waals surface area contributed by atoms with Gasteiger partial charge in [0.15, 0.2) is 0 Å². The van der Waals surface area contributed by atoms with Crippen LogP contribution < -0.4 is 0 Å². The third kappa shape index (κ3) is 9.19. The van der Waals surface area contributed by atoms with E-state index >= 15 is 0 Å². The molecular formula is C28H44O6. The van der Waals surface area contributed by atoms with Gasteiger partial charge in [-0.1, -0.05) is 79.7 Å². The molecule has 1 aliphatic rings. The number of esters is 4. The SMILES string of the molecule is CC(C)[C@@H]1CC=CC[C@@H](C(C)C)C(=O)OC(=O)[C@H](C(C)C)CC=CC[C@@H](C(C)C)C(=O)OC1=O. The van der Waals surface area contributed by atoms with Crippen LogP contribution in [0.1, 0.15) is 81.1 Å². The third-order valence-corrected chi connectivity index (χ3v) is 6.73. The van der Waals surface area contributed by atoms with E-state index in [0.29, 0.717) is 25.7 Å².